The fourth-order valence-corrected chi connectivity index (χ4v) is 5.90. The van der Waals surface area contributed by atoms with Crippen LogP contribution in [0.1, 0.15) is 29.5 Å². The van der Waals surface area contributed by atoms with Crippen molar-refractivity contribution in [2.75, 3.05) is 20.1 Å². The van der Waals surface area contributed by atoms with Crippen molar-refractivity contribution >= 4 is 27.5 Å². The number of sulfonamides is 1. The number of nitrogens with zero attached hydrogens (tertiary/aromatic N) is 2. The molecule has 4 rings (SSSR count). The van der Waals surface area contributed by atoms with E-state index in [4.69, 9.17) is 16.3 Å². The molecule has 3 aromatic rings. The third-order valence-electron chi connectivity index (χ3n) is 6.50. The maximum atomic E-state index is 13.0. The van der Waals surface area contributed by atoms with Crippen LogP contribution in [0.5, 0.6) is 5.75 Å². The van der Waals surface area contributed by atoms with Gasteiger partial charge < -0.3 is 9.64 Å². The molecule has 0 saturated carbocycles. The molecule has 0 radical (unpaired) electrons. The van der Waals surface area contributed by atoms with Crippen molar-refractivity contribution in [3.63, 3.8) is 0 Å². The highest BCUT2D eigenvalue weighted by Gasteiger charge is 2.33. The molecule has 36 heavy (non-hydrogen) atoms. The van der Waals surface area contributed by atoms with E-state index < -0.39 is 10.0 Å². The van der Waals surface area contributed by atoms with Crippen LogP contribution in [0.25, 0.3) is 0 Å². The van der Waals surface area contributed by atoms with E-state index in [9.17, 15) is 13.2 Å². The second kappa shape index (κ2) is 11.5. The molecule has 0 spiro atoms. The van der Waals surface area contributed by atoms with Crippen molar-refractivity contribution in [1.82, 2.24) is 9.21 Å². The topological polar surface area (TPSA) is 66.9 Å². The summed E-state index contributed by atoms with van der Waals surface area (Å²) in [5.41, 5.74) is 3.05. The molecule has 0 aliphatic carbocycles. The third kappa shape index (κ3) is 6.46. The van der Waals surface area contributed by atoms with Crippen LogP contribution in [0, 0.1) is 12.8 Å². The van der Waals surface area contributed by atoms with Gasteiger partial charge in [-0.2, -0.15) is 4.31 Å². The van der Waals surface area contributed by atoms with Crippen molar-refractivity contribution in [2.24, 2.45) is 5.92 Å². The zero-order valence-electron chi connectivity index (χ0n) is 20.6. The zero-order chi connectivity index (χ0) is 25.7. The van der Waals surface area contributed by atoms with Gasteiger partial charge in [-0.1, -0.05) is 53.6 Å². The fraction of sp³-hybridized carbons (Fsp3) is 0.321. The van der Waals surface area contributed by atoms with Crippen molar-refractivity contribution in [1.29, 1.82) is 0 Å². The lowest BCUT2D eigenvalue weighted by Gasteiger charge is -2.32. The molecule has 0 atom stereocenters. The Morgan fingerprint density at radius 1 is 0.944 bits per heavy atom. The van der Waals surface area contributed by atoms with Crippen molar-refractivity contribution in [2.45, 2.75) is 37.8 Å². The number of hydrogen-bond acceptors (Lipinski definition) is 4. The van der Waals surface area contributed by atoms with Gasteiger partial charge in [-0.15, -0.1) is 0 Å². The molecular formula is C28H31ClN2O4S. The molecule has 1 aliphatic rings. The van der Waals surface area contributed by atoms with Gasteiger partial charge >= 0.3 is 0 Å². The minimum Gasteiger partial charge on any atom is -0.489 e. The van der Waals surface area contributed by atoms with Crippen LogP contribution in [-0.4, -0.2) is 43.7 Å². The predicted octanol–water partition coefficient (Wildman–Crippen LogP) is 5.29. The van der Waals surface area contributed by atoms with Crippen molar-refractivity contribution in [3.8, 4) is 5.75 Å². The molecule has 1 saturated heterocycles. The fourth-order valence-electron chi connectivity index (χ4n) is 4.30. The quantitative estimate of drug-likeness (QED) is 0.400. The number of piperidine rings is 1. The summed E-state index contributed by atoms with van der Waals surface area (Å²) in [6, 6.07) is 22.1. The van der Waals surface area contributed by atoms with Crippen LogP contribution in [0.3, 0.4) is 0 Å². The summed E-state index contributed by atoms with van der Waals surface area (Å²) >= 11 is 5.92. The first-order valence-corrected chi connectivity index (χ1v) is 13.8. The number of ether oxygens (including phenoxy) is 1. The molecule has 6 nitrogen and oxygen atoms in total. The summed E-state index contributed by atoms with van der Waals surface area (Å²) in [4.78, 5) is 15.1. The van der Waals surface area contributed by atoms with Crippen molar-refractivity contribution in [3.05, 3.63) is 94.5 Å². The number of rotatable bonds is 8. The number of halogens is 1. The lowest BCUT2D eigenvalue weighted by atomic mass is 9.96. The maximum Gasteiger partial charge on any atom is 0.243 e. The summed E-state index contributed by atoms with van der Waals surface area (Å²) in [7, 11) is -1.74. The van der Waals surface area contributed by atoms with Crippen molar-refractivity contribution < 1.29 is 17.9 Å². The van der Waals surface area contributed by atoms with E-state index in [1.165, 1.54) is 4.31 Å². The van der Waals surface area contributed by atoms with Gasteiger partial charge in [0.2, 0.25) is 15.9 Å². The Kier molecular flexibility index (Phi) is 8.34. The summed E-state index contributed by atoms with van der Waals surface area (Å²) < 4.78 is 33.2. The molecule has 0 N–H and O–H groups in total. The Hall–Kier alpha value is -2.87. The van der Waals surface area contributed by atoms with Crippen LogP contribution in [0.15, 0.2) is 77.7 Å². The highest BCUT2D eigenvalue weighted by Crippen LogP contribution is 2.26. The lowest BCUT2D eigenvalue weighted by Crippen LogP contribution is -2.43. The third-order valence-corrected chi connectivity index (χ3v) is 8.66. The summed E-state index contributed by atoms with van der Waals surface area (Å²) in [5, 5.41) is 0.694. The van der Waals surface area contributed by atoms with E-state index >= 15 is 0 Å². The highest BCUT2D eigenvalue weighted by molar-refractivity contribution is 7.89. The summed E-state index contributed by atoms with van der Waals surface area (Å²) in [5.74, 6) is 0.622. The SMILES string of the molecule is Cc1ccc(S(=O)(=O)N2CCC(C(=O)N(C)Cc3ccc(OCc4ccc(Cl)cc4)cc3)CC2)cc1. The Morgan fingerprint density at radius 2 is 1.53 bits per heavy atom. The second-order valence-electron chi connectivity index (χ2n) is 9.24. The molecule has 0 aromatic heterocycles. The van der Waals surface area contributed by atoms with Gasteiger partial charge in [0.1, 0.15) is 12.4 Å². The smallest absolute Gasteiger partial charge is 0.243 e. The number of aryl methyl sites for hydroxylation is 1. The second-order valence-corrected chi connectivity index (χ2v) is 11.6. The predicted molar refractivity (Wildman–Crippen MR) is 141 cm³/mol. The number of amides is 1. The monoisotopic (exact) mass is 526 g/mol. The molecule has 1 fully saturated rings. The zero-order valence-corrected chi connectivity index (χ0v) is 22.1. The van der Waals surface area contributed by atoms with E-state index in [0.717, 1.165) is 22.4 Å². The minimum absolute atomic E-state index is 0.0467. The van der Waals surface area contributed by atoms with E-state index in [2.05, 4.69) is 0 Å². The van der Waals surface area contributed by atoms with Crippen LogP contribution < -0.4 is 4.74 Å². The number of benzene rings is 3. The van der Waals surface area contributed by atoms with Crippen LogP contribution >= 0.6 is 11.6 Å². The lowest BCUT2D eigenvalue weighted by molar-refractivity contribution is -0.135. The Bertz CT molecular complexity index is 1270. The van der Waals surface area contributed by atoms with Gasteiger partial charge in [-0.3, -0.25) is 4.79 Å². The van der Waals surface area contributed by atoms with Gasteiger partial charge in [0.05, 0.1) is 4.90 Å². The molecule has 1 amide bonds. The normalized spacial score (nSPS) is 15.0. The maximum absolute atomic E-state index is 13.0. The summed E-state index contributed by atoms with van der Waals surface area (Å²) in [6.45, 7) is 3.56. The molecule has 8 heteroatoms. The molecule has 1 heterocycles. The van der Waals surface area contributed by atoms with E-state index in [-0.39, 0.29) is 11.8 Å². The highest BCUT2D eigenvalue weighted by atomic mass is 35.5. The van der Waals surface area contributed by atoms with Gasteiger partial charge in [-0.05, 0) is 67.3 Å². The first-order chi connectivity index (χ1) is 17.2. The number of carbonyl (C=O) groups is 1. The van der Waals surface area contributed by atoms with Gasteiger partial charge in [0.25, 0.3) is 0 Å². The van der Waals surface area contributed by atoms with Crippen LogP contribution in [-0.2, 0) is 28.0 Å². The van der Waals surface area contributed by atoms with Gasteiger partial charge in [-0.25, -0.2) is 8.42 Å². The standard InChI is InChI=1S/C28H31ClN2O4S/c1-21-3-13-27(14-4-21)36(33,34)31-17-15-24(16-18-31)28(32)30(2)19-22-7-11-26(12-8-22)35-20-23-5-9-25(29)10-6-23/h3-14,24H,15-20H2,1-2H3. The average molecular weight is 527 g/mol. The molecule has 0 unspecified atom stereocenters. The minimum atomic E-state index is -3.53. The Morgan fingerprint density at radius 3 is 2.14 bits per heavy atom. The molecule has 0 bridgehead atoms. The number of hydrogen-bond donors (Lipinski definition) is 0. The van der Waals surface area contributed by atoms with Crippen LogP contribution in [0.2, 0.25) is 5.02 Å². The first-order valence-electron chi connectivity index (χ1n) is 12.0. The molecule has 1 aliphatic heterocycles. The number of carbonyl (C=O) groups excluding carboxylic acids is 1. The Balaban J connectivity index is 1.27. The van der Waals surface area contributed by atoms with Gasteiger partial charge in [0, 0.05) is 37.6 Å². The van der Waals surface area contributed by atoms with Gasteiger partial charge in [0.15, 0.2) is 0 Å². The van der Waals surface area contributed by atoms with Crippen LogP contribution in [0.4, 0.5) is 0 Å². The largest absolute Gasteiger partial charge is 0.489 e. The van der Waals surface area contributed by atoms with E-state index in [1.807, 2.05) is 55.5 Å². The first kappa shape index (κ1) is 26.2. The molecule has 3 aromatic carbocycles. The molecular weight excluding hydrogens is 496 g/mol. The van der Waals surface area contributed by atoms with E-state index in [1.54, 1.807) is 36.2 Å². The van der Waals surface area contributed by atoms with E-state index in [0.29, 0.717) is 49.0 Å². The Labute approximate surface area is 218 Å². The average Bonchev–Trinajstić information content (AvgIpc) is 2.89. The molecule has 190 valence electrons. The summed E-state index contributed by atoms with van der Waals surface area (Å²) in [6.07, 6.45) is 1.04.